The first kappa shape index (κ1) is 15.4. The number of anilines is 1. The van der Waals surface area contributed by atoms with E-state index in [0.717, 1.165) is 24.2 Å². The van der Waals surface area contributed by atoms with Crippen LogP contribution in [0.5, 0.6) is 0 Å². The van der Waals surface area contributed by atoms with Gasteiger partial charge in [0.25, 0.3) is 0 Å². The third-order valence-corrected chi connectivity index (χ3v) is 3.98. The second kappa shape index (κ2) is 6.61. The number of hydrogen-bond donors (Lipinski definition) is 2. The van der Waals surface area contributed by atoms with Gasteiger partial charge in [-0.15, -0.1) is 0 Å². The van der Waals surface area contributed by atoms with Gasteiger partial charge < -0.3 is 15.5 Å². The maximum atomic E-state index is 12.5. The highest BCUT2D eigenvalue weighted by Crippen LogP contribution is 2.31. The van der Waals surface area contributed by atoms with Gasteiger partial charge in [0.1, 0.15) is 6.04 Å². The highest BCUT2D eigenvalue weighted by molar-refractivity contribution is 5.91. The summed E-state index contributed by atoms with van der Waals surface area (Å²) < 4.78 is 0. The molecule has 1 aliphatic rings. The zero-order valence-corrected chi connectivity index (χ0v) is 12.8. The van der Waals surface area contributed by atoms with Crippen LogP contribution in [0.4, 0.5) is 5.69 Å². The van der Waals surface area contributed by atoms with Crippen molar-refractivity contribution in [3.05, 3.63) is 29.8 Å². The third kappa shape index (κ3) is 3.35. The maximum absolute atomic E-state index is 12.5. The summed E-state index contributed by atoms with van der Waals surface area (Å²) in [6, 6.07) is 7.34. The van der Waals surface area contributed by atoms with Crippen LogP contribution in [0.15, 0.2) is 24.3 Å². The Morgan fingerprint density at radius 1 is 1.43 bits per heavy atom. The van der Waals surface area contributed by atoms with Crippen LogP contribution in [0.3, 0.4) is 0 Å². The summed E-state index contributed by atoms with van der Waals surface area (Å²) >= 11 is 0. The molecular weight excluding hydrogens is 266 g/mol. The predicted octanol–water partition coefficient (Wildman–Crippen LogP) is 1.57. The van der Waals surface area contributed by atoms with E-state index in [0.29, 0.717) is 6.54 Å². The number of likely N-dealkylation sites (N-methyl/N-ethyl adjacent to an activating group) is 1. The van der Waals surface area contributed by atoms with Crippen LogP contribution in [-0.2, 0) is 9.59 Å². The normalized spacial score (nSPS) is 18.1. The highest BCUT2D eigenvalue weighted by atomic mass is 16.2. The smallest absolute Gasteiger partial charge is 0.244 e. The van der Waals surface area contributed by atoms with E-state index in [9.17, 15) is 9.59 Å². The Balaban J connectivity index is 2.06. The van der Waals surface area contributed by atoms with Crippen molar-refractivity contribution in [1.82, 2.24) is 10.2 Å². The van der Waals surface area contributed by atoms with Crippen LogP contribution in [-0.4, -0.2) is 42.9 Å². The molecule has 2 rings (SSSR count). The summed E-state index contributed by atoms with van der Waals surface area (Å²) in [5.41, 5.74) is 2.01. The maximum Gasteiger partial charge on any atom is 0.244 e. The molecule has 0 saturated carbocycles. The molecule has 1 aliphatic heterocycles. The fourth-order valence-corrected chi connectivity index (χ4v) is 2.60. The molecule has 0 radical (unpaired) electrons. The van der Waals surface area contributed by atoms with Crippen molar-refractivity contribution in [2.45, 2.75) is 32.2 Å². The van der Waals surface area contributed by atoms with Gasteiger partial charge in [0, 0.05) is 25.8 Å². The van der Waals surface area contributed by atoms with Crippen molar-refractivity contribution >= 4 is 17.5 Å². The number of hydrogen-bond acceptors (Lipinski definition) is 3. The molecule has 2 amide bonds. The van der Waals surface area contributed by atoms with Crippen LogP contribution >= 0.6 is 0 Å². The van der Waals surface area contributed by atoms with E-state index in [4.69, 9.17) is 0 Å². The highest BCUT2D eigenvalue weighted by Gasteiger charge is 2.28. The molecule has 1 aromatic carbocycles. The van der Waals surface area contributed by atoms with E-state index in [1.807, 2.05) is 31.2 Å². The molecule has 2 atom stereocenters. The zero-order valence-electron chi connectivity index (χ0n) is 12.8. The van der Waals surface area contributed by atoms with Gasteiger partial charge in [0.2, 0.25) is 11.8 Å². The molecule has 21 heavy (non-hydrogen) atoms. The van der Waals surface area contributed by atoms with E-state index in [1.54, 1.807) is 18.9 Å². The van der Waals surface area contributed by atoms with Gasteiger partial charge in [-0.2, -0.15) is 0 Å². The number of nitrogens with zero attached hydrogens (tertiary/aromatic N) is 1. The minimum absolute atomic E-state index is 0.0620. The van der Waals surface area contributed by atoms with Gasteiger partial charge >= 0.3 is 0 Å². The average molecular weight is 289 g/mol. The lowest BCUT2D eigenvalue weighted by Crippen LogP contribution is -2.47. The van der Waals surface area contributed by atoms with Crippen molar-refractivity contribution in [2.75, 3.05) is 25.5 Å². The van der Waals surface area contributed by atoms with E-state index in [2.05, 4.69) is 10.6 Å². The molecule has 2 unspecified atom stereocenters. The van der Waals surface area contributed by atoms with Crippen LogP contribution < -0.4 is 10.6 Å². The Morgan fingerprint density at radius 2 is 2.14 bits per heavy atom. The van der Waals surface area contributed by atoms with Crippen molar-refractivity contribution in [1.29, 1.82) is 0 Å². The minimum atomic E-state index is -0.496. The van der Waals surface area contributed by atoms with Crippen LogP contribution in [0.1, 0.15) is 31.7 Å². The molecule has 0 aliphatic carbocycles. The summed E-state index contributed by atoms with van der Waals surface area (Å²) in [6.45, 7) is 5.05. The van der Waals surface area contributed by atoms with Crippen molar-refractivity contribution < 1.29 is 9.59 Å². The van der Waals surface area contributed by atoms with E-state index < -0.39 is 6.04 Å². The summed E-state index contributed by atoms with van der Waals surface area (Å²) in [6.07, 6.45) is 0.743. The van der Waals surface area contributed by atoms with Crippen molar-refractivity contribution in [2.24, 2.45) is 0 Å². The molecule has 114 valence electrons. The lowest BCUT2D eigenvalue weighted by Gasteiger charge is -2.27. The standard InChI is InChI=1S/C16H23N3O2/c1-4-19(3)16(21)11(2)18-15(20)13-9-10-17-14-8-6-5-7-12(13)14/h5-8,11,13,17H,4,9-10H2,1-3H3,(H,18,20). The Labute approximate surface area is 125 Å². The summed E-state index contributed by atoms with van der Waals surface area (Å²) in [5, 5.41) is 6.14. The molecule has 0 spiro atoms. The van der Waals surface area contributed by atoms with E-state index >= 15 is 0 Å². The van der Waals surface area contributed by atoms with Crippen LogP contribution in [0.2, 0.25) is 0 Å². The molecule has 1 heterocycles. The topological polar surface area (TPSA) is 61.4 Å². The van der Waals surface area contributed by atoms with Crippen molar-refractivity contribution in [3.8, 4) is 0 Å². The Hall–Kier alpha value is -2.04. The van der Waals surface area contributed by atoms with E-state index in [-0.39, 0.29) is 17.7 Å². The number of amides is 2. The number of rotatable bonds is 4. The number of para-hydroxylation sites is 1. The number of carbonyl (C=O) groups is 2. The fraction of sp³-hybridized carbons (Fsp3) is 0.500. The minimum Gasteiger partial charge on any atom is -0.385 e. The largest absolute Gasteiger partial charge is 0.385 e. The van der Waals surface area contributed by atoms with Crippen LogP contribution in [0.25, 0.3) is 0 Å². The van der Waals surface area contributed by atoms with Crippen LogP contribution in [0, 0.1) is 0 Å². The third-order valence-electron chi connectivity index (χ3n) is 3.98. The Kier molecular flexibility index (Phi) is 4.83. The second-order valence-electron chi connectivity index (χ2n) is 5.44. The van der Waals surface area contributed by atoms with Gasteiger partial charge in [-0.3, -0.25) is 9.59 Å². The monoisotopic (exact) mass is 289 g/mol. The molecule has 0 aromatic heterocycles. The Bertz CT molecular complexity index is 530. The molecule has 1 aromatic rings. The molecule has 0 fully saturated rings. The summed E-state index contributed by atoms with van der Waals surface area (Å²) in [4.78, 5) is 26.1. The number of benzene rings is 1. The van der Waals surface area contributed by atoms with Gasteiger partial charge in [-0.1, -0.05) is 18.2 Å². The quantitative estimate of drug-likeness (QED) is 0.884. The predicted molar refractivity (Wildman–Crippen MR) is 83.2 cm³/mol. The molecular formula is C16H23N3O2. The second-order valence-corrected chi connectivity index (χ2v) is 5.44. The fourth-order valence-electron chi connectivity index (χ4n) is 2.60. The molecule has 2 N–H and O–H groups in total. The first-order valence-corrected chi connectivity index (χ1v) is 7.42. The lowest BCUT2D eigenvalue weighted by molar-refractivity contribution is -0.135. The number of nitrogens with one attached hydrogen (secondary N) is 2. The van der Waals surface area contributed by atoms with Crippen molar-refractivity contribution in [3.63, 3.8) is 0 Å². The van der Waals surface area contributed by atoms with E-state index in [1.165, 1.54) is 0 Å². The first-order valence-electron chi connectivity index (χ1n) is 7.42. The summed E-state index contributed by atoms with van der Waals surface area (Å²) in [5.74, 6) is -0.327. The number of fused-ring (bicyclic) bond motifs is 1. The number of carbonyl (C=O) groups excluding carboxylic acids is 2. The van der Waals surface area contributed by atoms with Gasteiger partial charge in [0.05, 0.1) is 5.92 Å². The van der Waals surface area contributed by atoms with Gasteiger partial charge in [-0.05, 0) is 31.9 Å². The molecule has 5 heteroatoms. The average Bonchev–Trinajstić information content (AvgIpc) is 2.52. The van der Waals surface area contributed by atoms with Gasteiger partial charge in [-0.25, -0.2) is 0 Å². The molecule has 5 nitrogen and oxygen atoms in total. The molecule has 0 saturated heterocycles. The first-order chi connectivity index (χ1) is 10.0. The molecule has 0 bridgehead atoms. The van der Waals surface area contributed by atoms with Gasteiger partial charge in [0.15, 0.2) is 0 Å². The SMILES string of the molecule is CCN(C)C(=O)C(C)NC(=O)C1CCNc2ccccc21. The Morgan fingerprint density at radius 3 is 2.86 bits per heavy atom. The zero-order chi connectivity index (χ0) is 15.4. The lowest BCUT2D eigenvalue weighted by atomic mass is 9.90. The summed E-state index contributed by atoms with van der Waals surface area (Å²) in [7, 11) is 1.74.